The Labute approximate surface area is 215 Å². The monoisotopic (exact) mass is 591 g/mol. The SMILES string of the molecule is CC(C)(c1ccc(Br)cc1)c1csc(NC(=O)NCc2ccc(N3CCNCC3)c(Br)c2)n1. The van der Waals surface area contributed by atoms with Gasteiger partial charge in [-0.25, -0.2) is 9.78 Å². The summed E-state index contributed by atoms with van der Waals surface area (Å²) in [6.07, 6.45) is 0. The average Bonchev–Trinajstić information content (AvgIpc) is 3.28. The highest BCUT2D eigenvalue weighted by Gasteiger charge is 2.26. The van der Waals surface area contributed by atoms with Gasteiger partial charge in [0.1, 0.15) is 0 Å². The molecule has 0 atom stereocenters. The van der Waals surface area contributed by atoms with E-state index in [2.05, 4.69) is 102 Å². The lowest BCUT2D eigenvalue weighted by atomic mass is 9.82. The molecule has 2 amide bonds. The van der Waals surface area contributed by atoms with E-state index in [4.69, 9.17) is 0 Å². The number of carbonyl (C=O) groups excluding carboxylic acids is 1. The van der Waals surface area contributed by atoms with Gasteiger partial charge in [-0.2, -0.15) is 0 Å². The number of rotatable bonds is 6. The molecule has 1 fully saturated rings. The van der Waals surface area contributed by atoms with Crippen LogP contribution in [0.2, 0.25) is 0 Å². The largest absolute Gasteiger partial charge is 0.368 e. The zero-order valence-corrected chi connectivity index (χ0v) is 22.6. The second-order valence-electron chi connectivity index (χ2n) is 8.50. The second-order valence-corrected chi connectivity index (χ2v) is 11.1. The Morgan fingerprint density at radius 1 is 1.15 bits per heavy atom. The van der Waals surface area contributed by atoms with Crippen molar-refractivity contribution in [3.8, 4) is 0 Å². The van der Waals surface area contributed by atoms with Crippen LogP contribution in [-0.2, 0) is 12.0 Å². The number of anilines is 2. The van der Waals surface area contributed by atoms with E-state index < -0.39 is 0 Å². The summed E-state index contributed by atoms with van der Waals surface area (Å²) >= 11 is 8.60. The number of piperazine rings is 1. The van der Waals surface area contributed by atoms with Crippen molar-refractivity contribution in [3.63, 3.8) is 0 Å². The third-order valence-corrected chi connectivity index (χ3v) is 7.78. The number of hydrogen-bond donors (Lipinski definition) is 3. The van der Waals surface area contributed by atoms with Gasteiger partial charge in [0.25, 0.3) is 0 Å². The van der Waals surface area contributed by atoms with Gasteiger partial charge >= 0.3 is 6.03 Å². The highest BCUT2D eigenvalue weighted by Crippen LogP contribution is 2.34. The molecular formula is C24H27Br2N5OS. The number of hydrogen-bond acceptors (Lipinski definition) is 5. The Hall–Kier alpha value is -1.94. The Bertz CT molecular complexity index is 1110. The van der Waals surface area contributed by atoms with Crippen molar-refractivity contribution in [2.45, 2.75) is 25.8 Å². The summed E-state index contributed by atoms with van der Waals surface area (Å²) in [5.41, 5.74) is 4.06. The van der Waals surface area contributed by atoms with Crippen LogP contribution in [0.3, 0.4) is 0 Å². The lowest BCUT2D eigenvalue weighted by molar-refractivity contribution is 0.251. The van der Waals surface area contributed by atoms with Crippen LogP contribution in [0.4, 0.5) is 15.6 Å². The van der Waals surface area contributed by atoms with E-state index in [0.29, 0.717) is 11.7 Å². The third-order valence-electron chi connectivity index (χ3n) is 5.85. The van der Waals surface area contributed by atoms with Gasteiger partial charge in [-0.15, -0.1) is 11.3 Å². The first-order valence-electron chi connectivity index (χ1n) is 10.8. The number of carbonyl (C=O) groups is 1. The maximum atomic E-state index is 12.5. The summed E-state index contributed by atoms with van der Waals surface area (Å²) in [6.45, 7) is 8.69. The first kappa shape index (κ1) is 24.2. The Balaban J connectivity index is 1.33. The molecule has 2 aromatic carbocycles. The zero-order chi connectivity index (χ0) is 23.4. The summed E-state index contributed by atoms with van der Waals surface area (Å²) in [5.74, 6) is 0. The van der Waals surface area contributed by atoms with Gasteiger partial charge in [0.15, 0.2) is 5.13 Å². The van der Waals surface area contributed by atoms with Gasteiger partial charge in [-0.05, 0) is 51.3 Å². The van der Waals surface area contributed by atoms with Gasteiger partial charge in [0.2, 0.25) is 0 Å². The number of aromatic nitrogens is 1. The summed E-state index contributed by atoms with van der Waals surface area (Å²) < 4.78 is 2.09. The van der Waals surface area contributed by atoms with Crippen LogP contribution in [0.15, 0.2) is 56.8 Å². The summed E-state index contributed by atoms with van der Waals surface area (Å²) in [7, 11) is 0. The van der Waals surface area contributed by atoms with Crippen molar-refractivity contribution < 1.29 is 4.79 Å². The molecular weight excluding hydrogens is 566 g/mol. The minimum atomic E-state index is -0.264. The van der Waals surface area contributed by atoms with Crippen molar-refractivity contribution in [1.29, 1.82) is 0 Å². The molecule has 3 N–H and O–H groups in total. The summed E-state index contributed by atoms with van der Waals surface area (Å²) in [6, 6.07) is 14.2. The Morgan fingerprint density at radius 2 is 1.88 bits per heavy atom. The summed E-state index contributed by atoms with van der Waals surface area (Å²) in [5, 5.41) is 11.8. The lowest BCUT2D eigenvalue weighted by Gasteiger charge is -2.30. The molecule has 0 saturated carbocycles. The van der Waals surface area contributed by atoms with Gasteiger partial charge in [-0.1, -0.05) is 48.0 Å². The topological polar surface area (TPSA) is 69.3 Å². The predicted molar refractivity (Wildman–Crippen MR) is 143 cm³/mol. The first-order valence-corrected chi connectivity index (χ1v) is 13.3. The fraction of sp³-hybridized carbons (Fsp3) is 0.333. The molecule has 6 nitrogen and oxygen atoms in total. The van der Waals surface area contributed by atoms with Crippen LogP contribution in [-0.4, -0.2) is 37.2 Å². The predicted octanol–water partition coefficient (Wildman–Crippen LogP) is 5.73. The van der Waals surface area contributed by atoms with Crippen LogP contribution < -0.4 is 20.9 Å². The number of nitrogens with one attached hydrogen (secondary N) is 3. The van der Waals surface area contributed by atoms with Gasteiger partial charge in [0, 0.05) is 52.5 Å². The van der Waals surface area contributed by atoms with E-state index in [-0.39, 0.29) is 11.4 Å². The molecule has 0 radical (unpaired) electrons. The highest BCUT2D eigenvalue weighted by atomic mass is 79.9. The molecule has 3 aromatic rings. The van der Waals surface area contributed by atoms with E-state index >= 15 is 0 Å². The van der Waals surface area contributed by atoms with Gasteiger partial charge < -0.3 is 15.5 Å². The van der Waals surface area contributed by atoms with Crippen molar-refractivity contribution >= 4 is 60.0 Å². The van der Waals surface area contributed by atoms with Gasteiger partial charge in [-0.3, -0.25) is 5.32 Å². The van der Waals surface area contributed by atoms with Crippen LogP contribution in [0, 0.1) is 0 Å². The molecule has 2 heterocycles. The number of thiazole rings is 1. The van der Waals surface area contributed by atoms with Crippen molar-refractivity contribution in [2.24, 2.45) is 0 Å². The van der Waals surface area contributed by atoms with Crippen molar-refractivity contribution in [3.05, 3.63) is 73.6 Å². The lowest BCUT2D eigenvalue weighted by Crippen LogP contribution is -2.43. The quantitative estimate of drug-likeness (QED) is 0.342. The molecule has 0 bridgehead atoms. The molecule has 1 aromatic heterocycles. The van der Waals surface area contributed by atoms with E-state index in [9.17, 15) is 4.79 Å². The maximum Gasteiger partial charge on any atom is 0.321 e. The van der Waals surface area contributed by atoms with Crippen LogP contribution in [0.1, 0.15) is 30.7 Å². The standard InChI is InChI=1S/C24H27Br2N5OS/c1-24(2,17-4-6-18(25)7-5-17)21-15-33-23(29-21)30-22(32)28-14-16-3-8-20(19(26)13-16)31-11-9-27-10-12-31/h3-8,13,15,27H,9-12,14H2,1-2H3,(H2,28,29,30,32). The van der Waals surface area contributed by atoms with Gasteiger partial charge in [0.05, 0.1) is 11.4 Å². The number of halogens is 2. The third kappa shape index (κ3) is 5.95. The average molecular weight is 593 g/mol. The molecule has 0 spiro atoms. The molecule has 0 aliphatic carbocycles. The fourth-order valence-corrected chi connectivity index (χ4v) is 5.59. The van der Waals surface area contributed by atoms with Crippen molar-refractivity contribution in [1.82, 2.24) is 15.6 Å². The normalized spacial score (nSPS) is 14.2. The van der Waals surface area contributed by atoms with Crippen LogP contribution in [0.25, 0.3) is 0 Å². The molecule has 1 aliphatic heterocycles. The summed E-state index contributed by atoms with van der Waals surface area (Å²) in [4.78, 5) is 19.5. The molecule has 0 unspecified atom stereocenters. The maximum absolute atomic E-state index is 12.5. The molecule has 1 aliphatic rings. The fourth-order valence-electron chi connectivity index (χ4n) is 3.78. The Kier molecular flexibility index (Phi) is 7.73. The van der Waals surface area contributed by atoms with E-state index in [0.717, 1.165) is 46.4 Å². The zero-order valence-electron chi connectivity index (χ0n) is 18.6. The number of benzene rings is 2. The number of urea groups is 1. The highest BCUT2D eigenvalue weighted by molar-refractivity contribution is 9.10. The molecule has 33 heavy (non-hydrogen) atoms. The Morgan fingerprint density at radius 3 is 2.58 bits per heavy atom. The van der Waals surface area contributed by atoms with Crippen molar-refractivity contribution in [2.75, 3.05) is 36.4 Å². The van der Waals surface area contributed by atoms with E-state index in [1.54, 1.807) is 0 Å². The minimum Gasteiger partial charge on any atom is -0.368 e. The second kappa shape index (κ2) is 10.5. The molecule has 1 saturated heterocycles. The number of amides is 2. The molecule has 9 heteroatoms. The molecule has 174 valence electrons. The van der Waals surface area contributed by atoms with E-state index in [1.165, 1.54) is 22.6 Å². The van der Waals surface area contributed by atoms with Crippen LogP contribution in [0.5, 0.6) is 0 Å². The number of nitrogens with zero attached hydrogens (tertiary/aromatic N) is 2. The molecule has 4 rings (SSSR count). The first-order chi connectivity index (χ1) is 15.8. The minimum absolute atomic E-state index is 0.258. The van der Waals surface area contributed by atoms with Crippen LogP contribution >= 0.6 is 43.2 Å². The smallest absolute Gasteiger partial charge is 0.321 e. The van der Waals surface area contributed by atoms with E-state index in [1.807, 2.05) is 17.5 Å².